The standard InChI is InChI=1S/C17H17BrN2O5S/c18-15-5-4-12(17(22)19-13-2-1-3-14(21)11-13)10-16(15)26(23,24)20-6-8-25-9-7-20/h1-5,10-11,21H,6-9H2,(H,19,22). The number of morpholine rings is 1. The first kappa shape index (κ1) is 18.8. The molecule has 1 aliphatic heterocycles. The average Bonchev–Trinajstić information content (AvgIpc) is 2.62. The van der Waals surface area contributed by atoms with Gasteiger partial charge in [0.05, 0.1) is 18.1 Å². The Morgan fingerprint density at radius 1 is 1.15 bits per heavy atom. The van der Waals surface area contributed by atoms with E-state index in [-0.39, 0.29) is 29.3 Å². The van der Waals surface area contributed by atoms with Gasteiger partial charge in [0.25, 0.3) is 5.91 Å². The van der Waals surface area contributed by atoms with Gasteiger partial charge in [-0.1, -0.05) is 6.07 Å². The van der Waals surface area contributed by atoms with Crippen LogP contribution in [0, 0.1) is 0 Å². The van der Waals surface area contributed by atoms with Crippen molar-refractivity contribution in [3.8, 4) is 5.75 Å². The molecule has 0 aromatic heterocycles. The number of rotatable bonds is 4. The van der Waals surface area contributed by atoms with Gasteiger partial charge in [-0.2, -0.15) is 4.31 Å². The van der Waals surface area contributed by atoms with Crippen LogP contribution in [0.2, 0.25) is 0 Å². The molecule has 26 heavy (non-hydrogen) atoms. The van der Waals surface area contributed by atoms with Crippen LogP contribution in [0.4, 0.5) is 5.69 Å². The van der Waals surface area contributed by atoms with Gasteiger partial charge < -0.3 is 15.2 Å². The van der Waals surface area contributed by atoms with Crippen molar-refractivity contribution in [1.29, 1.82) is 0 Å². The fourth-order valence-electron chi connectivity index (χ4n) is 2.56. The summed E-state index contributed by atoms with van der Waals surface area (Å²) in [6.45, 7) is 1.23. The molecule has 2 N–H and O–H groups in total. The zero-order valence-corrected chi connectivity index (χ0v) is 16.1. The molecule has 9 heteroatoms. The van der Waals surface area contributed by atoms with Crippen LogP contribution in [-0.4, -0.2) is 50.0 Å². The third-order valence-electron chi connectivity index (χ3n) is 3.89. The van der Waals surface area contributed by atoms with Gasteiger partial charge in [-0.25, -0.2) is 8.42 Å². The number of carbonyl (C=O) groups excluding carboxylic acids is 1. The molecule has 0 unspecified atom stereocenters. The van der Waals surface area contributed by atoms with E-state index in [0.717, 1.165) is 0 Å². The van der Waals surface area contributed by atoms with Gasteiger partial charge in [0, 0.05) is 34.9 Å². The smallest absolute Gasteiger partial charge is 0.255 e. The first-order valence-electron chi connectivity index (χ1n) is 7.86. The van der Waals surface area contributed by atoms with Crippen molar-refractivity contribution in [2.45, 2.75) is 4.90 Å². The Labute approximate surface area is 159 Å². The molecular formula is C17H17BrN2O5S. The lowest BCUT2D eigenvalue weighted by Gasteiger charge is -2.26. The number of hydrogen-bond acceptors (Lipinski definition) is 5. The number of aromatic hydroxyl groups is 1. The summed E-state index contributed by atoms with van der Waals surface area (Å²) in [7, 11) is -3.74. The molecule has 1 amide bonds. The number of phenolic OH excluding ortho intramolecular Hbond substituents is 1. The summed E-state index contributed by atoms with van der Waals surface area (Å²) in [6, 6.07) is 10.5. The fourth-order valence-corrected chi connectivity index (χ4v) is 4.91. The number of amides is 1. The fraction of sp³-hybridized carbons (Fsp3) is 0.235. The maximum absolute atomic E-state index is 12.9. The lowest BCUT2D eigenvalue weighted by atomic mass is 10.2. The van der Waals surface area contributed by atoms with Gasteiger partial charge in [-0.3, -0.25) is 4.79 Å². The van der Waals surface area contributed by atoms with Gasteiger partial charge in [0.2, 0.25) is 10.0 Å². The van der Waals surface area contributed by atoms with E-state index in [9.17, 15) is 18.3 Å². The molecule has 0 radical (unpaired) electrons. The number of halogens is 1. The second kappa shape index (κ2) is 7.75. The third-order valence-corrected chi connectivity index (χ3v) is 6.78. The van der Waals surface area contributed by atoms with Crippen LogP contribution >= 0.6 is 15.9 Å². The Morgan fingerprint density at radius 2 is 1.88 bits per heavy atom. The van der Waals surface area contributed by atoms with Gasteiger partial charge in [0.15, 0.2) is 0 Å². The predicted octanol–water partition coefficient (Wildman–Crippen LogP) is 2.43. The van der Waals surface area contributed by atoms with Crippen molar-refractivity contribution in [3.05, 3.63) is 52.5 Å². The minimum atomic E-state index is -3.74. The Kier molecular flexibility index (Phi) is 5.61. The Hall–Kier alpha value is -1.94. The minimum absolute atomic E-state index is 0.0224. The summed E-state index contributed by atoms with van der Waals surface area (Å²) in [6.07, 6.45) is 0. The summed E-state index contributed by atoms with van der Waals surface area (Å²) in [5, 5.41) is 12.1. The Balaban J connectivity index is 1.88. The highest BCUT2D eigenvalue weighted by Gasteiger charge is 2.29. The third kappa shape index (κ3) is 4.07. The summed E-state index contributed by atoms with van der Waals surface area (Å²) in [4.78, 5) is 12.5. The minimum Gasteiger partial charge on any atom is -0.508 e. The molecular weight excluding hydrogens is 424 g/mol. The molecule has 0 aliphatic carbocycles. The van der Waals surface area contributed by atoms with Crippen LogP contribution in [0.15, 0.2) is 51.8 Å². The predicted molar refractivity (Wildman–Crippen MR) is 99.8 cm³/mol. The molecule has 0 atom stereocenters. The Bertz CT molecular complexity index is 927. The van der Waals surface area contributed by atoms with E-state index in [1.165, 1.54) is 34.6 Å². The molecule has 0 bridgehead atoms. The number of carbonyl (C=O) groups is 1. The highest BCUT2D eigenvalue weighted by Crippen LogP contribution is 2.27. The Morgan fingerprint density at radius 3 is 2.58 bits per heavy atom. The van der Waals surface area contributed by atoms with Crippen molar-refractivity contribution in [2.75, 3.05) is 31.6 Å². The van der Waals surface area contributed by atoms with Crippen molar-refractivity contribution < 1.29 is 23.1 Å². The molecule has 3 rings (SSSR count). The highest BCUT2D eigenvalue weighted by molar-refractivity contribution is 9.10. The van der Waals surface area contributed by atoms with E-state index in [1.807, 2.05) is 0 Å². The molecule has 1 fully saturated rings. The lowest BCUT2D eigenvalue weighted by Crippen LogP contribution is -2.40. The largest absolute Gasteiger partial charge is 0.508 e. The van der Waals surface area contributed by atoms with Gasteiger partial charge in [-0.05, 0) is 46.3 Å². The van der Waals surface area contributed by atoms with E-state index in [4.69, 9.17) is 4.74 Å². The first-order chi connectivity index (χ1) is 12.4. The van der Waals surface area contributed by atoms with E-state index in [0.29, 0.717) is 23.4 Å². The number of nitrogens with one attached hydrogen (secondary N) is 1. The molecule has 0 spiro atoms. The zero-order chi connectivity index (χ0) is 18.7. The van der Waals surface area contributed by atoms with E-state index in [2.05, 4.69) is 21.2 Å². The van der Waals surface area contributed by atoms with Crippen molar-refractivity contribution in [1.82, 2.24) is 4.31 Å². The SMILES string of the molecule is O=C(Nc1cccc(O)c1)c1ccc(Br)c(S(=O)(=O)N2CCOCC2)c1. The number of phenols is 1. The van der Waals surface area contributed by atoms with Crippen LogP contribution in [0.3, 0.4) is 0 Å². The number of nitrogens with zero attached hydrogens (tertiary/aromatic N) is 1. The van der Waals surface area contributed by atoms with Crippen LogP contribution in [0.25, 0.3) is 0 Å². The highest BCUT2D eigenvalue weighted by atomic mass is 79.9. The number of benzene rings is 2. The molecule has 1 saturated heterocycles. The summed E-state index contributed by atoms with van der Waals surface area (Å²) < 4.78 is 32.6. The maximum atomic E-state index is 12.9. The van der Waals surface area contributed by atoms with Crippen molar-refractivity contribution in [3.63, 3.8) is 0 Å². The normalized spacial score (nSPS) is 15.6. The number of ether oxygens (including phenoxy) is 1. The monoisotopic (exact) mass is 440 g/mol. The lowest BCUT2D eigenvalue weighted by molar-refractivity contribution is 0.0730. The quantitative estimate of drug-likeness (QED) is 0.760. The van der Waals surface area contributed by atoms with Crippen LogP contribution in [0.5, 0.6) is 5.75 Å². The van der Waals surface area contributed by atoms with Gasteiger partial charge in [-0.15, -0.1) is 0 Å². The molecule has 2 aromatic carbocycles. The molecule has 7 nitrogen and oxygen atoms in total. The summed E-state index contributed by atoms with van der Waals surface area (Å²) >= 11 is 3.26. The van der Waals surface area contributed by atoms with Gasteiger partial charge >= 0.3 is 0 Å². The first-order valence-corrected chi connectivity index (χ1v) is 10.1. The van der Waals surface area contributed by atoms with E-state index >= 15 is 0 Å². The van der Waals surface area contributed by atoms with Crippen LogP contribution < -0.4 is 5.32 Å². The number of hydrogen-bond donors (Lipinski definition) is 2. The average molecular weight is 441 g/mol. The molecule has 0 saturated carbocycles. The van der Waals surface area contributed by atoms with E-state index in [1.54, 1.807) is 12.1 Å². The molecule has 2 aromatic rings. The number of anilines is 1. The summed E-state index contributed by atoms with van der Waals surface area (Å²) in [5.74, 6) is -0.448. The van der Waals surface area contributed by atoms with Gasteiger partial charge in [0.1, 0.15) is 5.75 Å². The van der Waals surface area contributed by atoms with E-state index < -0.39 is 15.9 Å². The topological polar surface area (TPSA) is 95.9 Å². The molecule has 138 valence electrons. The van der Waals surface area contributed by atoms with Crippen LogP contribution in [-0.2, 0) is 14.8 Å². The maximum Gasteiger partial charge on any atom is 0.255 e. The second-order valence-electron chi connectivity index (χ2n) is 5.67. The molecule has 1 aliphatic rings. The summed E-state index contributed by atoms with van der Waals surface area (Å²) in [5.41, 5.74) is 0.610. The second-order valence-corrected chi connectivity index (χ2v) is 8.43. The zero-order valence-electron chi connectivity index (χ0n) is 13.7. The van der Waals surface area contributed by atoms with Crippen LogP contribution in [0.1, 0.15) is 10.4 Å². The van der Waals surface area contributed by atoms with Crippen molar-refractivity contribution >= 4 is 37.5 Å². The number of sulfonamides is 1. The van der Waals surface area contributed by atoms with Crippen molar-refractivity contribution in [2.24, 2.45) is 0 Å². The molecule has 1 heterocycles.